The number of amides is 2. The summed E-state index contributed by atoms with van der Waals surface area (Å²) in [6.45, 7) is 7.65. The molecule has 2 rings (SSSR count). The Kier molecular flexibility index (Phi) is 5.58. The van der Waals surface area contributed by atoms with Crippen LogP contribution in [0.3, 0.4) is 0 Å². The summed E-state index contributed by atoms with van der Waals surface area (Å²) >= 11 is 0. The SMILES string of the molecule is Cc1cc(C)cc(NC(=O)C(=O)Nc2ccccc2OC(C)C)c1. The molecule has 0 spiro atoms. The molecule has 5 nitrogen and oxygen atoms in total. The highest BCUT2D eigenvalue weighted by atomic mass is 16.5. The molecule has 2 N–H and O–H groups in total. The van der Waals surface area contributed by atoms with Crippen LogP contribution in [-0.4, -0.2) is 17.9 Å². The standard InChI is InChI=1S/C19H22N2O3/c1-12(2)24-17-8-6-5-7-16(17)21-19(23)18(22)20-15-10-13(3)9-14(4)11-15/h5-12H,1-4H3,(H,20,22)(H,21,23). The van der Waals surface area contributed by atoms with Crippen LogP contribution < -0.4 is 15.4 Å². The van der Waals surface area contributed by atoms with Crippen LogP contribution >= 0.6 is 0 Å². The van der Waals surface area contributed by atoms with Crippen LogP contribution in [0.5, 0.6) is 5.75 Å². The van der Waals surface area contributed by atoms with Crippen molar-refractivity contribution < 1.29 is 14.3 Å². The van der Waals surface area contributed by atoms with Gasteiger partial charge in [0.2, 0.25) is 0 Å². The van der Waals surface area contributed by atoms with Crippen molar-refractivity contribution in [2.45, 2.75) is 33.8 Å². The van der Waals surface area contributed by atoms with Gasteiger partial charge in [0, 0.05) is 5.69 Å². The van der Waals surface area contributed by atoms with Gasteiger partial charge in [0.15, 0.2) is 0 Å². The van der Waals surface area contributed by atoms with Crippen LogP contribution in [0, 0.1) is 13.8 Å². The van der Waals surface area contributed by atoms with Gasteiger partial charge in [-0.15, -0.1) is 0 Å². The molecule has 2 aromatic rings. The predicted molar refractivity (Wildman–Crippen MR) is 95.4 cm³/mol. The van der Waals surface area contributed by atoms with E-state index in [1.807, 2.05) is 52.0 Å². The van der Waals surface area contributed by atoms with E-state index < -0.39 is 11.8 Å². The number of aryl methyl sites for hydroxylation is 2. The quantitative estimate of drug-likeness (QED) is 0.843. The number of nitrogens with one attached hydrogen (secondary N) is 2. The fraction of sp³-hybridized carbons (Fsp3) is 0.263. The first-order chi connectivity index (χ1) is 11.3. The molecule has 126 valence electrons. The third kappa shape index (κ3) is 4.84. The summed E-state index contributed by atoms with van der Waals surface area (Å²) in [5, 5.41) is 5.20. The Labute approximate surface area is 142 Å². The third-order valence-corrected chi connectivity index (χ3v) is 3.18. The zero-order valence-corrected chi connectivity index (χ0v) is 14.3. The maximum absolute atomic E-state index is 12.1. The van der Waals surface area contributed by atoms with Crippen LogP contribution in [0.4, 0.5) is 11.4 Å². The number of benzene rings is 2. The van der Waals surface area contributed by atoms with Crippen LogP contribution in [0.2, 0.25) is 0 Å². The number of carbonyl (C=O) groups is 2. The number of para-hydroxylation sites is 2. The number of rotatable bonds is 4. The van der Waals surface area contributed by atoms with Gasteiger partial charge in [0.25, 0.3) is 0 Å². The number of anilines is 2. The summed E-state index contributed by atoms with van der Waals surface area (Å²) < 4.78 is 5.63. The van der Waals surface area contributed by atoms with Crippen LogP contribution in [0.1, 0.15) is 25.0 Å². The molecular formula is C19H22N2O3. The van der Waals surface area contributed by atoms with Crippen molar-refractivity contribution in [1.29, 1.82) is 0 Å². The highest BCUT2D eigenvalue weighted by Crippen LogP contribution is 2.24. The van der Waals surface area contributed by atoms with Crippen LogP contribution in [-0.2, 0) is 9.59 Å². The Morgan fingerprint density at radius 1 is 0.917 bits per heavy atom. The molecule has 0 aliphatic carbocycles. The van der Waals surface area contributed by atoms with E-state index in [1.165, 1.54) is 0 Å². The molecule has 0 aliphatic heterocycles. The molecule has 5 heteroatoms. The Balaban J connectivity index is 2.08. The van der Waals surface area contributed by atoms with Crippen molar-refractivity contribution in [2.24, 2.45) is 0 Å². The van der Waals surface area contributed by atoms with Crippen LogP contribution in [0.25, 0.3) is 0 Å². The maximum Gasteiger partial charge on any atom is 0.314 e. The van der Waals surface area contributed by atoms with Gasteiger partial charge in [-0.05, 0) is 63.1 Å². The van der Waals surface area contributed by atoms with Crippen molar-refractivity contribution in [1.82, 2.24) is 0 Å². The Morgan fingerprint density at radius 2 is 1.50 bits per heavy atom. The largest absolute Gasteiger partial charge is 0.489 e. The molecule has 0 atom stereocenters. The first kappa shape index (κ1) is 17.5. The van der Waals surface area contributed by atoms with E-state index in [1.54, 1.807) is 18.2 Å². The van der Waals surface area contributed by atoms with Crippen molar-refractivity contribution in [3.8, 4) is 5.75 Å². The molecule has 2 aromatic carbocycles. The Bertz CT molecular complexity index is 734. The van der Waals surface area contributed by atoms with E-state index in [9.17, 15) is 9.59 Å². The zero-order chi connectivity index (χ0) is 17.7. The van der Waals surface area contributed by atoms with E-state index in [2.05, 4.69) is 10.6 Å². The topological polar surface area (TPSA) is 67.4 Å². The van der Waals surface area contributed by atoms with E-state index in [4.69, 9.17) is 4.74 Å². The second kappa shape index (κ2) is 7.64. The molecule has 0 saturated carbocycles. The minimum absolute atomic E-state index is 0.0350. The Hall–Kier alpha value is -2.82. The molecule has 0 saturated heterocycles. The normalized spacial score (nSPS) is 10.4. The number of ether oxygens (including phenoxy) is 1. The first-order valence-corrected chi connectivity index (χ1v) is 7.81. The summed E-state index contributed by atoms with van der Waals surface area (Å²) in [5.74, 6) is -0.937. The molecule has 0 aromatic heterocycles. The van der Waals surface area contributed by atoms with Gasteiger partial charge in [0.1, 0.15) is 5.75 Å². The molecule has 0 fully saturated rings. The van der Waals surface area contributed by atoms with E-state index >= 15 is 0 Å². The summed E-state index contributed by atoms with van der Waals surface area (Å²) in [7, 11) is 0. The van der Waals surface area contributed by atoms with Gasteiger partial charge in [-0.2, -0.15) is 0 Å². The van der Waals surface area contributed by atoms with Crippen molar-refractivity contribution in [2.75, 3.05) is 10.6 Å². The zero-order valence-electron chi connectivity index (χ0n) is 14.3. The van der Waals surface area contributed by atoms with Gasteiger partial charge < -0.3 is 15.4 Å². The Morgan fingerprint density at radius 3 is 2.12 bits per heavy atom. The molecule has 0 heterocycles. The van der Waals surface area contributed by atoms with Gasteiger partial charge in [0.05, 0.1) is 11.8 Å². The lowest BCUT2D eigenvalue weighted by atomic mass is 10.1. The molecule has 0 bridgehead atoms. The lowest BCUT2D eigenvalue weighted by molar-refractivity contribution is -0.133. The summed E-state index contributed by atoms with van der Waals surface area (Å²) in [4.78, 5) is 24.3. The highest BCUT2D eigenvalue weighted by molar-refractivity contribution is 6.43. The molecule has 0 unspecified atom stereocenters. The van der Waals surface area contributed by atoms with Crippen molar-refractivity contribution >= 4 is 23.2 Å². The highest BCUT2D eigenvalue weighted by Gasteiger charge is 2.16. The number of carbonyl (C=O) groups excluding carboxylic acids is 2. The summed E-state index contributed by atoms with van der Waals surface area (Å²) in [5.41, 5.74) is 3.09. The van der Waals surface area contributed by atoms with Gasteiger partial charge in [-0.25, -0.2) is 0 Å². The van der Waals surface area contributed by atoms with Crippen molar-refractivity contribution in [3.05, 3.63) is 53.6 Å². The fourth-order valence-corrected chi connectivity index (χ4v) is 2.34. The smallest absolute Gasteiger partial charge is 0.314 e. The van der Waals surface area contributed by atoms with E-state index in [0.29, 0.717) is 17.1 Å². The third-order valence-electron chi connectivity index (χ3n) is 3.18. The van der Waals surface area contributed by atoms with E-state index in [0.717, 1.165) is 11.1 Å². The lowest BCUT2D eigenvalue weighted by Gasteiger charge is -2.14. The monoisotopic (exact) mass is 326 g/mol. The fourth-order valence-electron chi connectivity index (χ4n) is 2.34. The van der Waals surface area contributed by atoms with Gasteiger partial charge in [-0.3, -0.25) is 9.59 Å². The summed E-state index contributed by atoms with van der Waals surface area (Å²) in [6, 6.07) is 12.6. The molecule has 0 radical (unpaired) electrons. The van der Waals surface area contributed by atoms with Crippen molar-refractivity contribution in [3.63, 3.8) is 0 Å². The lowest BCUT2D eigenvalue weighted by Crippen LogP contribution is -2.29. The molecule has 0 aliphatic rings. The molecule has 24 heavy (non-hydrogen) atoms. The van der Waals surface area contributed by atoms with Gasteiger partial charge >= 0.3 is 11.8 Å². The minimum Gasteiger partial charge on any atom is -0.489 e. The second-order valence-electron chi connectivity index (χ2n) is 5.95. The minimum atomic E-state index is -0.742. The molecular weight excluding hydrogens is 304 g/mol. The average molecular weight is 326 g/mol. The van der Waals surface area contributed by atoms with E-state index in [-0.39, 0.29) is 6.10 Å². The summed E-state index contributed by atoms with van der Waals surface area (Å²) in [6.07, 6.45) is -0.0350. The number of hydrogen-bond donors (Lipinski definition) is 2. The van der Waals surface area contributed by atoms with Gasteiger partial charge in [-0.1, -0.05) is 18.2 Å². The van der Waals surface area contributed by atoms with Crippen LogP contribution in [0.15, 0.2) is 42.5 Å². The predicted octanol–water partition coefficient (Wildman–Crippen LogP) is 3.67. The number of hydrogen-bond acceptors (Lipinski definition) is 3. The second-order valence-corrected chi connectivity index (χ2v) is 5.95. The first-order valence-electron chi connectivity index (χ1n) is 7.81. The molecule has 2 amide bonds. The maximum atomic E-state index is 12.1. The average Bonchev–Trinajstić information content (AvgIpc) is 2.47.